The van der Waals surface area contributed by atoms with E-state index >= 15 is 0 Å². The molecular formula is C7H7ClF2N2O. The van der Waals surface area contributed by atoms with Gasteiger partial charge >= 0.3 is 0 Å². The van der Waals surface area contributed by atoms with Crippen LogP contribution in [0.3, 0.4) is 0 Å². The van der Waals surface area contributed by atoms with Gasteiger partial charge in [0.05, 0.1) is 10.7 Å². The molecule has 0 bridgehead atoms. The van der Waals surface area contributed by atoms with Gasteiger partial charge in [-0.2, -0.15) is 0 Å². The lowest BCUT2D eigenvalue weighted by atomic mass is 10.3. The average molecular weight is 209 g/mol. The first kappa shape index (κ1) is 10.1. The quantitative estimate of drug-likeness (QED) is 0.780. The second kappa shape index (κ2) is 3.85. The maximum atomic E-state index is 12.2. The summed E-state index contributed by atoms with van der Waals surface area (Å²) < 4.78 is 24.4. The van der Waals surface area contributed by atoms with Crippen LogP contribution in [-0.2, 0) is 6.54 Å². The first-order valence-electron chi connectivity index (χ1n) is 3.42. The van der Waals surface area contributed by atoms with Gasteiger partial charge in [0.2, 0.25) is 0 Å². The molecular weight excluding hydrogens is 202 g/mol. The highest BCUT2D eigenvalue weighted by Crippen LogP contribution is 2.32. The van der Waals surface area contributed by atoms with Gasteiger partial charge in [0, 0.05) is 6.54 Å². The molecule has 1 heterocycles. The normalized spacial score (nSPS) is 10.8. The molecule has 0 amide bonds. The SMILES string of the molecule is NCc1cc(Cl)c(O)c(C(F)F)n1. The van der Waals surface area contributed by atoms with Crippen molar-refractivity contribution >= 4 is 11.6 Å². The first-order valence-corrected chi connectivity index (χ1v) is 3.80. The number of aromatic nitrogens is 1. The molecule has 0 unspecified atom stereocenters. The number of hydrogen-bond donors (Lipinski definition) is 2. The summed E-state index contributed by atoms with van der Waals surface area (Å²) >= 11 is 5.46. The second-order valence-electron chi connectivity index (χ2n) is 2.33. The fourth-order valence-corrected chi connectivity index (χ4v) is 1.06. The van der Waals surface area contributed by atoms with Crippen molar-refractivity contribution in [2.24, 2.45) is 5.73 Å². The Hall–Kier alpha value is -0.940. The molecule has 0 radical (unpaired) electrons. The van der Waals surface area contributed by atoms with Crippen molar-refractivity contribution in [3.63, 3.8) is 0 Å². The third-order valence-electron chi connectivity index (χ3n) is 1.44. The molecule has 3 nitrogen and oxygen atoms in total. The van der Waals surface area contributed by atoms with Gasteiger partial charge < -0.3 is 10.8 Å². The molecule has 3 N–H and O–H groups in total. The maximum absolute atomic E-state index is 12.2. The number of nitrogens with two attached hydrogens (primary N) is 1. The third kappa shape index (κ3) is 2.05. The van der Waals surface area contributed by atoms with E-state index in [9.17, 15) is 8.78 Å². The largest absolute Gasteiger partial charge is 0.504 e. The average Bonchev–Trinajstić information content (AvgIpc) is 2.09. The highest BCUT2D eigenvalue weighted by molar-refractivity contribution is 6.32. The zero-order valence-corrected chi connectivity index (χ0v) is 7.22. The lowest BCUT2D eigenvalue weighted by Crippen LogP contribution is -2.03. The summed E-state index contributed by atoms with van der Waals surface area (Å²) in [4.78, 5) is 3.44. The van der Waals surface area contributed by atoms with Crippen LogP contribution in [0.4, 0.5) is 8.78 Å². The molecule has 0 spiro atoms. The number of pyridine rings is 1. The molecule has 0 saturated heterocycles. The van der Waals surface area contributed by atoms with E-state index in [0.29, 0.717) is 0 Å². The number of alkyl halides is 2. The van der Waals surface area contributed by atoms with Crippen LogP contribution < -0.4 is 5.73 Å². The number of rotatable bonds is 2. The summed E-state index contributed by atoms with van der Waals surface area (Å²) in [6.07, 6.45) is -2.86. The second-order valence-corrected chi connectivity index (χ2v) is 2.74. The van der Waals surface area contributed by atoms with Gasteiger partial charge in [0.1, 0.15) is 5.69 Å². The highest BCUT2D eigenvalue weighted by atomic mass is 35.5. The van der Waals surface area contributed by atoms with Crippen molar-refractivity contribution in [2.45, 2.75) is 13.0 Å². The smallest absolute Gasteiger partial charge is 0.284 e. The minimum absolute atomic E-state index is 0.000278. The summed E-state index contributed by atoms with van der Waals surface area (Å²) in [5, 5.41) is 8.91. The fraction of sp³-hybridized carbons (Fsp3) is 0.286. The van der Waals surface area contributed by atoms with Gasteiger partial charge in [0.25, 0.3) is 6.43 Å². The third-order valence-corrected chi connectivity index (χ3v) is 1.73. The molecule has 0 aliphatic heterocycles. The number of halogens is 3. The van der Waals surface area contributed by atoms with Crippen molar-refractivity contribution in [1.82, 2.24) is 4.98 Å². The maximum Gasteiger partial charge on any atom is 0.284 e. The summed E-state index contributed by atoms with van der Waals surface area (Å²) in [6, 6.07) is 1.25. The molecule has 1 aromatic rings. The van der Waals surface area contributed by atoms with Crippen LogP contribution in [0.2, 0.25) is 5.02 Å². The van der Waals surface area contributed by atoms with E-state index in [1.54, 1.807) is 0 Å². The van der Waals surface area contributed by atoms with Gasteiger partial charge in [0.15, 0.2) is 5.75 Å². The number of nitrogens with zero attached hydrogens (tertiary/aromatic N) is 1. The fourth-order valence-electron chi connectivity index (χ4n) is 0.834. The van der Waals surface area contributed by atoms with Gasteiger partial charge in [-0.05, 0) is 6.07 Å². The van der Waals surface area contributed by atoms with Crippen LogP contribution in [0.25, 0.3) is 0 Å². The van der Waals surface area contributed by atoms with E-state index in [1.807, 2.05) is 0 Å². The Labute approximate surface area is 78.1 Å². The minimum Gasteiger partial charge on any atom is -0.504 e. The van der Waals surface area contributed by atoms with Crippen molar-refractivity contribution in [3.8, 4) is 5.75 Å². The molecule has 13 heavy (non-hydrogen) atoms. The van der Waals surface area contributed by atoms with Crippen LogP contribution >= 0.6 is 11.6 Å². The van der Waals surface area contributed by atoms with Crippen LogP contribution in [0.1, 0.15) is 17.8 Å². The Morgan fingerprint density at radius 2 is 2.23 bits per heavy atom. The molecule has 6 heteroatoms. The molecule has 1 rings (SSSR count). The Morgan fingerprint density at radius 1 is 1.62 bits per heavy atom. The van der Waals surface area contributed by atoms with Gasteiger partial charge in [-0.1, -0.05) is 11.6 Å². The van der Waals surface area contributed by atoms with Crippen molar-refractivity contribution in [2.75, 3.05) is 0 Å². The molecule has 1 aromatic heterocycles. The minimum atomic E-state index is -2.86. The number of hydrogen-bond acceptors (Lipinski definition) is 3. The van der Waals surface area contributed by atoms with Crippen molar-refractivity contribution < 1.29 is 13.9 Å². The van der Waals surface area contributed by atoms with Crippen molar-refractivity contribution in [3.05, 3.63) is 22.5 Å². The molecule has 0 atom stereocenters. The Balaban J connectivity index is 3.25. The first-order chi connectivity index (χ1) is 6.06. The summed E-state index contributed by atoms with van der Waals surface area (Å²) in [6.45, 7) is -0.000278. The van der Waals surface area contributed by atoms with E-state index in [1.165, 1.54) is 6.07 Å². The summed E-state index contributed by atoms with van der Waals surface area (Å²) in [7, 11) is 0. The van der Waals surface area contributed by atoms with Crippen molar-refractivity contribution in [1.29, 1.82) is 0 Å². The predicted molar refractivity (Wildman–Crippen MR) is 43.8 cm³/mol. The zero-order valence-electron chi connectivity index (χ0n) is 6.47. The monoisotopic (exact) mass is 208 g/mol. The van der Waals surface area contributed by atoms with E-state index in [0.717, 1.165) is 0 Å². The molecule has 0 fully saturated rings. The summed E-state index contributed by atoms with van der Waals surface area (Å²) in [5.41, 5.74) is 4.68. The number of aromatic hydroxyl groups is 1. The Bertz CT molecular complexity index is 320. The lowest BCUT2D eigenvalue weighted by Gasteiger charge is -2.06. The van der Waals surface area contributed by atoms with Gasteiger partial charge in [-0.3, -0.25) is 0 Å². The molecule has 0 aliphatic rings. The highest BCUT2D eigenvalue weighted by Gasteiger charge is 2.18. The zero-order chi connectivity index (χ0) is 10.0. The lowest BCUT2D eigenvalue weighted by molar-refractivity contribution is 0.141. The molecule has 0 aromatic carbocycles. The van der Waals surface area contributed by atoms with Crippen LogP contribution in [0.5, 0.6) is 5.75 Å². The Kier molecular flexibility index (Phi) is 3.00. The van der Waals surface area contributed by atoms with E-state index in [-0.39, 0.29) is 17.3 Å². The van der Waals surface area contributed by atoms with Crippen LogP contribution in [-0.4, -0.2) is 10.1 Å². The summed E-state index contributed by atoms with van der Waals surface area (Å²) in [5.74, 6) is -0.686. The van der Waals surface area contributed by atoms with Gasteiger partial charge in [-0.15, -0.1) is 0 Å². The van der Waals surface area contributed by atoms with Crippen LogP contribution in [0.15, 0.2) is 6.07 Å². The van der Waals surface area contributed by atoms with E-state index in [2.05, 4.69) is 4.98 Å². The molecule has 0 saturated carbocycles. The molecule has 0 aliphatic carbocycles. The standard InChI is InChI=1S/C7H7ClF2N2O/c8-4-1-3(2-11)12-5(6(4)13)7(9)10/h1,7,13H,2,11H2. The van der Waals surface area contributed by atoms with Gasteiger partial charge in [-0.25, -0.2) is 13.8 Å². The predicted octanol–water partition coefficient (Wildman–Crippen LogP) is 1.84. The van der Waals surface area contributed by atoms with E-state index < -0.39 is 17.9 Å². The van der Waals surface area contributed by atoms with Crippen LogP contribution in [0, 0.1) is 0 Å². The topological polar surface area (TPSA) is 59.1 Å². The van der Waals surface area contributed by atoms with E-state index in [4.69, 9.17) is 22.4 Å². The Morgan fingerprint density at radius 3 is 2.69 bits per heavy atom. The molecule has 72 valence electrons.